The zero-order valence-corrected chi connectivity index (χ0v) is 16.0. The minimum absolute atomic E-state index is 0.0506. The summed E-state index contributed by atoms with van der Waals surface area (Å²) in [4.78, 5) is 26.5. The van der Waals surface area contributed by atoms with E-state index in [2.05, 4.69) is 5.32 Å². The molecule has 0 heterocycles. The number of carbonyl (C=O) groups excluding carboxylic acids is 2. The van der Waals surface area contributed by atoms with Gasteiger partial charge < -0.3 is 20.7 Å². The molecular weight excluding hydrogens is 330 g/mol. The topological polar surface area (TPSA) is 84.7 Å². The number of hydrogen-bond acceptors (Lipinski definition) is 4. The molecule has 26 heavy (non-hydrogen) atoms. The van der Waals surface area contributed by atoms with Crippen LogP contribution >= 0.6 is 0 Å². The number of benzene rings is 1. The van der Waals surface area contributed by atoms with Gasteiger partial charge in [-0.1, -0.05) is 57.0 Å². The van der Waals surface area contributed by atoms with Crippen LogP contribution in [0.3, 0.4) is 0 Å². The molecule has 0 aliphatic heterocycles. The van der Waals surface area contributed by atoms with Gasteiger partial charge in [-0.3, -0.25) is 4.79 Å². The van der Waals surface area contributed by atoms with Crippen molar-refractivity contribution in [2.24, 2.45) is 11.7 Å². The summed E-state index contributed by atoms with van der Waals surface area (Å²) in [6.07, 6.45) is 3.31. The maximum atomic E-state index is 12.6. The number of nitrogens with one attached hydrogen (secondary N) is 1. The quantitative estimate of drug-likeness (QED) is 0.816. The molecule has 0 radical (unpaired) electrons. The van der Waals surface area contributed by atoms with Crippen molar-refractivity contribution >= 4 is 12.0 Å². The van der Waals surface area contributed by atoms with Crippen molar-refractivity contribution in [3.05, 3.63) is 35.9 Å². The second kappa shape index (κ2) is 9.57. The average Bonchev–Trinajstić information content (AvgIpc) is 2.65. The van der Waals surface area contributed by atoms with E-state index in [9.17, 15) is 9.59 Å². The van der Waals surface area contributed by atoms with Crippen LogP contribution in [0.25, 0.3) is 0 Å². The van der Waals surface area contributed by atoms with E-state index in [0.717, 1.165) is 31.2 Å². The van der Waals surface area contributed by atoms with Crippen molar-refractivity contribution in [1.82, 2.24) is 10.2 Å². The van der Waals surface area contributed by atoms with E-state index in [4.69, 9.17) is 10.5 Å². The van der Waals surface area contributed by atoms with E-state index in [1.54, 1.807) is 11.9 Å². The lowest BCUT2D eigenvalue weighted by molar-refractivity contribution is -0.135. The van der Waals surface area contributed by atoms with Crippen LogP contribution in [0.5, 0.6) is 0 Å². The standard InChI is InChI=1S/C20H31N3O3/c1-14(2)18(21)19(24)23(3)17-12-8-7-11-16(17)22-20(25)26-13-15-9-5-4-6-10-15/h4-6,9-10,14,16-18H,7-8,11-13,21H2,1-3H3,(H,22,25)/t16?,17?,18-/m0/s1. The van der Waals surface area contributed by atoms with Crippen molar-refractivity contribution in [3.8, 4) is 0 Å². The molecule has 1 saturated carbocycles. The molecule has 1 fully saturated rings. The first-order valence-electron chi connectivity index (χ1n) is 9.39. The van der Waals surface area contributed by atoms with Gasteiger partial charge in [-0.05, 0) is 24.3 Å². The highest BCUT2D eigenvalue weighted by atomic mass is 16.5. The van der Waals surface area contributed by atoms with E-state index in [1.165, 1.54) is 0 Å². The van der Waals surface area contributed by atoms with Gasteiger partial charge in [-0.25, -0.2) is 4.79 Å². The fourth-order valence-electron chi connectivity index (χ4n) is 3.34. The van der Waals surface area contributed by atoms with Crippen molar-refractivity contribution in [2.75, 3.05) is 7.05 Å². The molecule has 0 spiro atoms. The lowest BCUT2D eigenvalue weighted by atomic mass is 9.88. The van der Waals surface area contributed by atoms with Crippen LogP contribution in [-0.4, -0.2) is 42.1 Å². The number of amides is 2. The molecule has 2 rings (SSSR count). The maximum Gasteiger partial charge on any atom is 0.407 e. The summed E-state index contributed by atoms with van der Waals surface area (Å²) in [6, 6.07) is 8.88. The van der Waals surface area contributed by atoms with Gasteiger partial charge in [0.05, 0.1) is 18.1 Å². The minimum Gasteiger partial charge on any atom is -0.445 e. The molecule has 0 saturated heterocycles. The highest BCUT2D eigenvalue weighted by molar-refractivity contribution is 5.82. The summed E-state index contributed by atoms with van der Waals surface area (Å²) in [5.74, 6) is 0.00661. The number of rotatable bonds is 6. The second-order valence-electron chi connectivity index (χ2n) is 7.38. The molecule has 144 valence electrons. The third kappa shape index (κ3) is 5.46. The van der Waals surface area contributed by atoms with Gasteiger partial charge in [0.2, 0.25) is 5.91 Å². The number of likely N-dealkylation sites (N-methyl/N-ethyl adjacent to an activating group) is 1. The molecule has 1 aliphatic carbocycles. The van der Waals surface area contributed by atoms with Crippen LogP contribution in [-0.2, 0) is 16.1 Å². The normalized spacial score (nSPS) is 21.1. The molecule has 6 heteroatoms. The number of nitrogens with two attached hydrogens (primary N) is 1. The van der Waals surface area contributed by atoms with E-state index in [-0.39, 0.29) is 30.5 Å². The van der Waals surface area contributed by atoms with E-state index < -0.39 is 12.1 Å². The smallest absolute Gasteiger partial charge is 0.407 e. The summed E-state index contributed by atoms with van der Waals surface area (Å²) in [6.45, 7) is 4.11. The van der Waals surface area contributed by atoms with Crippen LogP contribution in [0.4, 0.5) is 4.79 Å². The summed E-state index contributed by atoms with van der Waals surface area (Å²) >= 11 is 0. The highest BCUT2D eigenvalue weighted by Gasteiger charge is 2.34. The van der Waals surface area contributed by atoms with Crippen LogP contribution in [0.1, 0.15) is 45.1 Å². The number of nitrogens with zero attached hydrogens (tertiary/aromatic N) is 1. The van der Waals surface area contributed by atoms with Crippen LogP contribution in [0, 0.1) is 5.92 Å². The van der Waals surface area contributed by atoms with Crippen molar-refractivity contribution in [1.29, 1.82) is 0 Å². The molecule has 1 aromatic carbocycles. The number of ether oxygens (including phenoxy) is 1. The lowest BCUT2D eigenvalue weighted by Crippen LogP contribution is -2.57. The Bertz CT molecular complexity index is 591. The van der Waals surface area contributed by atoms with Crippen LogP contribution in [0.15, 0.2) is 30.3 Å². The Labute approximate surface area is 156 Å². The zero-order valence-electron chi connectivity index (χ0n) is 16.0. The predicted octanol–water partition coefficient (Wildman–Crippen LogP) is 2.67. The van der Waals surface area contributed by atoms with Gasteiger partial charge in [0, 0.05) is 7.05 Å². The number of alkyl carbamates (subject to hydrolysis) is 1. The SMILES string of the molecule is CC(C)[C@H](N)C(=O)N(C)C1CCCCC1NC(=O)OCc1ccccc1. The first-order valence-corrected chi connectivity index (χ1v) is 9.39. The summed E-state index contributed by atoms with van der Waals surface area (Å²) in [7, 11) is 1.78. The van der Waals surface area contributed by atoms with Crippen molar-refractivity contribution < 1.29 is 14.3 Å². The van der Waals surface area contributed by atoms with E-state index in [0.29, 0.717) is 0 Å². The highest BCUT2D eigenvalue weighted by Crippen LogP contribution is 2.23. The molecule has 2 unspecified atom stereocenters. The molecule has 1 aromatic rings. The Morgan fingerprint density at radius 2 is 1.88 bits per heavy atom. The fourth-order valence-corrected chi connectivity index (χ4v) is 3.34. The monoisotopic (exact) mass is 361 g/mol. The molecule has 3 atom stereocenters. The van der Waals surface area contributed by atoms with Gasteiger partial charge in [-0.15, -0.1) is 0 Å². The number of carbonyl (C=O) groups is 2. The Balaban J connectivity index is 1.92. The van der Waals surface area contributed by atoms with Gasteiger partial charge in [0.1, 0.15) is 6.61 Å². The lowest BCUT2D eigenvalue weighted by Gasteiger charge is -2.39. The summed E-state index contributed by atoms with van der Waals surface area (Å²) < 4.78 is 5.33. The Hall–Kier alpha value is -2.08. The van der Waals surface area contributed by atoms with Crippen molar-refractivity contribution in [2.45, 2.75) is 64.3 Å². The van der Waals surface area contributed by atoms with Crippen LogP contribution < -0.4 is 11.1 Å². The van der Waals surface area contributed by atoms with Crippen molar-refractivity contribution in [3.63, 3.8) is 0 Å². The predicted molar refractivity (Wildman–Crippen MR) is 101 cm³/mol. The van der Waals surface area contributed by atoms with Gasteiger partial charge in [-0.2, -0.15) is 0 Å². The molecule has 3 N–H and O–H groups in total. The minimum atomic E-state index is -0.521. The van der Waals surface area contributed by atoms with Gasteiger partial charge in [0.15, 0.2) is 0 Å². The van der Waals surface area contributed by atoms with E-state index >= 15 is 0 Å². The Kier molecular flexibility index (Phi) is 7.45. The van der Waals surface area contributed by atoms with Gasteiger partial charge in [0.25, 0.3) is 0 Å². The molecule has 0 bridgehead atoms. The summed E-state index contributed by atoms with van der Waals surface area (Å²) in [5.41, 5.74) is 6.97. The second-order valence-corrected chi connectivity index (χ2v) is 7.38. The Morgan fingerprint density at radius 1 is 1.23 bits per heavy atom. The fraction of sp³-hybridized carbons (Fsp3) is 0.600. The summed E-state index contributed by atoms with van der Waals surface area (Å²) in [5, 5.41) is 2.95. The Morgan fingerprint density at radius 3 is 2.54 bits per heavy atom. The first-order chi connectivity index (χ1) is 12.4. The molecule has 1 aliphatic rings. The number of hydrogen-bond donors (Lipinski definition) is 2. The molecule has 0 aromatic heterocycles. The van der Waals surface area contributed by atoms with Crippen LogP contribution in [0.2, 0.25) is 0 Å². The third-order valence-corrected chi connectivity index (χ3v) is 5.09. The third-order valence-electron chi connectivity index (χ3n) is 5.09. The average molecular weight is 361 g/mol. The maximum absolute atomic E-state index is 12.6. The largest absolute Gasteiger partial charge is 0.445 e. The molecule has 2 amide bonds. The van der Waals surface area contributed by atoms with E-state index in [1.807, 2.05) is 44.2 Å². The zero-order chi connectivity index (χ0) is 19.1. The molecule has 6 nitrogen and oxygen atoms in total. The van der Waals surface area contributed by atoms with Gasteiger partial charge >= 0.3 is 6.09 Å². The first kappa shape index (κ1) is 20.2. The molecular formula is C20H31N3O3.